The fourth-order valence-electron chi connectivity index (χ4n) is 2.51. The van der Waals surface area contributed by atoms with E-state index < -0.39 is 5.72 Å². The highest BCUT2D eigenvalue weighted by Gasteiger charge is 2.47. The molecule has 1 amide bonds. The van der Waals surface area contributed by atoms with Gasteiger partial charge in [-0.3, -0.25) is 4.79 Å². The standard InChI is InChI=1S/C15H12ClNO2/c1-17-14(18)12-4-2-3-5-13(12)15(17,19)10-6-8-11(16)9-7-10/h2-9,19H,1H3/t15-/m0/s1. The molecule has 3 nitrogen and oxygen atoms in total. The largest absolute Gasteiger partial charge is 0.363 e. The molecule has 1 aliphatic rings. The summed E-state index contributed by atoms with van der Waals surface area (Å²) in [7, 11) is 1.59. The van der Waals surface area contributed by atoms with E-state index in [2.05, 4.69) is 0 Å². The summed E-state index contributed by atoms with van der Waals surface area (Å²) < 4.78 is 0. The lowest BCUT2D eigenvalue weighted by atomic mass is 9.94. The molecule has 19 heavy (non-hydrogen) atoms. The lowest BCUT2D eigenvalue weighted by Crippen LogP contribution is -2.41. The van der Waals surface area contributed by atoms with Gasteiger partial charge in [0.25, 0.3) is 5.91 Å². The molecular weight excluding hydrogens is 262 g/mol. The third-order valence-electron chi connectivity index (χ3n) is 3.57. The monoisotopic (exact) mass is 273 g/mol. The van der Waals surface area contributed by atoms with Crippen LogP contribution in [0.2, 0.25) is 5.02 Å². The number of carbonyl (C=O) groups excluding carboxylic acids is 1. The predicted octanol–water partition coefficient (Wildman–Crippen LogP) is 2.62. The van der Waals surface area contributed by atoms with E-state index in [-0.39, 0.29) is 5.91 Å². The summed E-state index contributed by atoms with van der Waals surface area (Å²) in [6, 6.07) is 14.0. The second kappa shape index (κ2) is 4.08. The van der Waals surface area contributed by atoms with Crippen molar-refractivity contribution in [2.75, 3.05) is 7.05 Å². The van der Waals surface area contributed by atoms with E-state index in [1.807, 2.05) is 6.07 Å². The van der Waals surface area contributed by atoms with Gasteiger partial charge in [-0.1, -0.05) is 41.9 Å². The van der Waals surface area contributed by atoms with Gasteiger partial charge >= 0.3 is 0 Å². The average molecular weight is 274 g/mol. The molecule has 0 radical (unpaired) electrons. The summed E-state index contributed by atoms with van der Waals surface area (Å²) in [6.07, 6.45) is 0. The van der Waals surface area contributed by atoms with Crippen LogP contribution < -0.4 is 0 Å². The van der Waals surface area contributed by atoms with Gasteiger partial charge in [-0.25, -0.2) is 0 Å². The molecule has 96 valence electrons. The van der Waals surface area contributed by atoms with Gasteiger partial charge in [0.05, 0.1) is 0 Å². The average Bonchev–Trinajstić information content (AvgIpc) is 2.63. The molecule has 4 heteroatoms. The van der Waals surface area contributed by atoms with Crippen molar-refractivity contribution in [3.63, 3.8) is 0 Å². The minimum absolute atomic E-state index is 0.187. The van der Waals surface area contributed by atoms with E-state index in [1.165, 1.54) is 4.90 Å². The van der Waals surface area contributed by atoms with Gasteiger partial charge < -0.3 is 10.0 Å². The van der Waals surface area contributed by atoms with Gasteiger partial charge in [0.15, 0.2) is 5.72 Å². The number of hydrogen-bond acceptors (Lipinski definition) is 2. The van der Waals surface area contributed by atoms with Gasteiger partial charge in [-0.05, 0) is 18.2 Å². The lowest BCUT2D eigenvalue weighted by molar-refractivity contribution is -0.0369. The van der Waals surface area contributed by atoms with Crippen LogP contribution in [0.3, 0.4) is 0 Å². The van der Waals surface area contributed by atoms with Crippen LogP contribution in [0.4, 0.5) is 0 Å². The molecule has 0 unspecified atom stereocenters. The summed E-state index contributed by atoms with van der Waals surface area (Å²) in [5, 5.41) is 11.6. The Labute approximate surface area is 116 Å². The highest BCUT2D eigenvalue weighted by molar-refractivity contribution is 6.30. The minimum atomic E-state index is -1.43. The normalized spacial score (nSPS) is 21.6. The molecule has 1 aliphatic heterocycles. The zero-order valence-corrected chi connectivity index (χ0v) is 11.1. The summed E-state index contributed by atoms with van der Waals surface area (Å²) >= 11 is 5.87. The van der Waals surface area contributed by atoms with E-state index in [0.29, 0.717) is 21.7 Å². The van der Waals surface area contributed by atoms with E-state index in [9.17, 15) is 9.90 Å². The Morgan fingerprint density at radius 2 is 1.74 bits per heavy atom. The quantitative estimate of drug-likeness (QED) is 0.868. The van der Waals surface area contributed by atoms with Crippen molar-refractivity contribution in [3.8, 4) is 0 Å². The number of hydrogen-bond donors (Lipinski definition) is 1. The van der Waals surface area contributed by atoms with Crippen molar-refractivity contribution in [1.82, 2.24) is 4.90 Å². The number of carbonyl (C=O) groups is 1. The predicted molar refractivity (Wildman–Crippen MR) is 73.0 cm³/mol. The second-order valence-electron chi connectivity index (χ2n) is 4.59. The minimum Gasteiger partial charge on any atom is -0.363 e. The maximum Gasteiger partial charge on any atom is 0.256 e. The summed E-state index contributed by atoms with van der Waals surface area (Å²) in [5.41, 5.74) is 0.322. The fourth-order valence-corrected chi connectivity index (χ4v) is 2.64. The van der Waals surface area contributed by atoms with Gasteiger partial charge in [0.1, 0.15) is 0 Å². The third kappa shape index (κ3) is 1.59. The van der Waals surface area contributed by atoms with Crippen molar-refractivity contribution in [3.05, 3.63) is 70.2 Å². The molecule has 1 N–H and O–H groups in total. The Balaban J connectivity index is 2.23. The molecule has 1 atom stereocenters. The molecule has 1 heterocycles. The number of halogens is 1. The molecule has 0 saturated carbocycles. The molecule has 0 fully saturated rings. The van der Waals surface area contributed by atoms with Crippen LogP contribution in [-0.2, 0) is 5.72 Å². The fraction of sp³-hybridized carbons (Fsp3) is 0.133. The number of amides is 1. The van der Waals surface area contributed by atoms with E-state index >= 15 is 0 Å². The van der Waals surface area contributed by atoms with E-state index in [1.54, 1.807) is 49.5 Å². The van der Waals surface area contributed by atoms with Crippen molar-refractivity contribution in [2.45, 2.75) is 5.72 Å². The zero-order chi connectivity index (χ0) is 13.6. The number of aliphatic hydroxyl groups is 1. The highest BCUT2D eigenvalue weighted by atomic mass is 35.5. The Morgan fingerprint density at radius 1 is 1.11 bits per heavy atom. The molecule has 0 aromatic heterocycles. The summed E-state index contributed by atoms with van der Waals surface area (Å²) in [6.45, 7) is 0. The maximum atomic E-state index is 12.2. The van der Waals surface area contributed by atoms with Gasteiger partial charge in [-0.2, -0.15) is 0 Å². The molecule has 2 aromatic carbocycles. The first-order chi connectivity index (χ1) is 9.05. The first-order valence-electron chi connectivity index (χ1n) is 5.91. The Kier molecular flexibility index (Phi) is 2.62. The van der Waals surface area contributed by atoms with Crippen LogP contribution in [0, 0.1) is 0 Å². The lowest BCUT2D eigenvalue weighted by Gasteiger charge is -2.31. The first-order valence-corrected chi connectivity index (χ1v) is 6.29. The molecular formula is C15H12ClNO2. The molecule has 0 saturated heterocycles. The van der Waals surface area contributed by atoms with Gasteiger partial charge in [-0.15, -0.1) is 0 Å². The maximum absolute atomic E-state index is 12.2. The van der Waals surface area contributed by atoms with Crippen LogP contribution in [0.5, 0.6) is 0 Å². The summed E-state index contributed by atoms with van der Waals surface area (Å²) in [4.78, 5) is 13.5. The first kappa shape index (κ1) is 12.2. The van der Waals surface area contributed by atoms with Crippen molar-refractivity contribution < 1.29 is 9.90 Å². The van der Waals surface area contributed by atoms with Crippen LogP contribution in [0.1, 0.15) is 21.5 Å². The van der Waals surface area contributed by atoms with E-state index in [4.69, 9.17) is 11.6 Å². The molecule has 3 rings (SSSR count). The molecule has 0 aliphatic carbocycles. The molecule has 0 spiro atoms. The Hall–Kier alpha value is -1.84. The van der Waals surface area contributed by atoms with Crippen LogP contribution in [-0.4, -0.2) is 23.0 Å². The summed E-state index contributed by atoms with van der Waals surface area (Å²) in [5.74, 6) is -0.187. The van der Waals surface area contributed by atoms with Crippen LogP contribution in [0.25, 0.3) is 0 Å². The van der Waals surface area contributed by atoms with Crippen LogP contribution >= 0.6 is 11.6 Å². The Morgan fingerprint density at radius 3 is 2.42 bits per heavy atom. The number of nitrogens with zero attached hydrogens (tertiary/aromatic N) is 1. The second-order valence-corrected chi connectivity index (χ2v) is 5.03. The number of fused-ring (bicyclic) bond motifs is 1. The van der Waals surface area contributed by atoms with Crippen molar-refractivity contribution in [1.29, 1.82) is 0 Å². The third-order valence-corrected chi connectivity index (χ3v) is 3.82. The van der Waals surface area contributed by atoms with Crippen molar-refractivity contribution in [2.24, 2.45) is 0 Å². The van der Waals surface area contributed by atoms with E-state index in [0.717, 1.165) is 0 Å². The van der Waals surface area contributed by atoms with Crippen molar-refractivity contribution >= 4 is 17.5 Å². The number of benzene rings is 2. The molecule has 2 aromatic rings. The molecule has 0 bridgehead atoms. The topological polar surface area (TPSA) is 40.5 Å². The SMILES string of the molecule is CN1C(=O)c2ccccc2[C@@]1(O)c1ccc(Cl)cc1. The highest BCUT2D eigenvalue weighted by Crippen LogP contribution is 2.41. The zero-order valence-electron chi connectivity index (χ0n) is 10.3. The smallest absolute Gasteiger partial charge is 0.256 e. The number of rotatable bonds is 1. The van der Waals surface area contributed by atoms with Gasteiger partial charge in [0, 0.05) is 28.8 Å². The van der Waals surface area contributed by atoms with Crippen LogP contribution in [0.15, 0.2) is 48.5 Å². The Bertz CT molecular complexity index is 653. The van der Waals surface area contributed by atoms with Gasteiger partial charge in [0.2, 0.25) is 0 Å².